The summed E-state index contributed by atoms with van der Waals surface area (Å²) in [5.74, 6) is -0.0104. The molecule has 16 heavy (non-hydrogen) atoms. The van der Waals surface area contributed by atoms with Crippen molar-refractivity contribution in [2.75, 3.05) is 19.1 Å². The van der Waals surface area contributed by atoms with E-state index in [2.05, 4.69) is 5.32 Å². The number of rotatable bonds is 4. The van der Waals surface area contributed by atoms with Gasteiger partial charge in [-0.25, -0.2) is 8.42 Å². The van der Waals surface area contributed by atoms with Crippen LogP contribution in [0.3, 0.4) is 0 Å². The minimum atomic E-state index is -3.08. The van der Waals surface area contributed by atoms with Gasteiger partial charge in [0.2, 0.25) is 0 Å². The first-order valence-electron chi connectivity index (χ1n) is 4.64. The van der Waals surface area contributed by atoms with E-state index < -0.39 is 9.84 Å². The van der Waals surface area contributed by atoms with E-state index in [4.69, 9.17) is 23.2 Å². The van der Waals surface area contributed by atoms with Crippen molar-refractivity contribution >= 4 is 33.0 Å². The molecule has 1 aromatic rings. The Kier molecular flexibility index (Phi) is 4.62. The Morgan fingerprint density at radius 1 is 1.38 bits per heavy atom. The van der Waals surface area contributed by atoms with E-state index in [0.717, 1.165) is 0 Å². The molecule has 1 N–H and O–H groups in total. The van der Waals surface area contributed by atoms with Crippen molar-refractivity contribution in [3.05, 3.63) is 33.8 Å². The molecule has 3 nitrogen and oxygen atoms in total. The van der Waals surface area contributed by atoms with Crippen molar-refractivity contribution in [2.45, 2.75) is 6.04 Å². The number of hydrogen-bond donors (Lipinski definition) is 1. The Hall–Kier alpha value is -0.290. The molecule has 0 bridgehead atoms. The van der Waals surface area contributed by atoms with Gasteiger partial charge in [-0.15, -0.1) is 0 Å². The van der Waals surface area contributed by atoms with Gasteiger partial charge in [0.25, 0.3) is 0 Å². The van der Waals surface area contributed by atoms with Crippen molar-refractivity contribution in [2.24, 2.45) is 0 Å². The normalized spacial score (nSPS) is 13.8. The van der Waals surface area contributed by atoms with Gasteiger partial charge in [-0.3, -0.25) is 0 Å². The quantitative estimate of drug-likeness (QED) is 0.921. The smallest absolute Gasteiger partial charge is 0.149 e. The van der Waals surface area contributed by atoms with Crippen molar-refractivity contribution in [1.29, 1.82) is 0 Å². The predicted octanol–water partition coefficient (Wildman–Crippen LogP) is 2.30. The van der Waals surface area contributed by atoms with Gasteiger partial charge in [0.15, 0.2) is 0 Å². The molecule has 0 fully saturated rings. The highest BCUT2D eigenvalue weighted by atomic mass is 35.5. The molecule has 0 radical (unpaired) electrons. The van der Waals surface area contributed by atoms with Gasteiger partial charge >= 0.3 is 0 Å². The van der Waals surface area contributed by atoms with Crippen molar-refractivity contribution in [3.63, 3.8) is 0 Å². The van der Waals surface area contributed by atoms with Gasteiger partial charge in [-0.05, 0) is 18.7 Å². The summed E-state index contributed by atoms with van der Waals surface area (Å²) in [6, 6.07) is 4.83. The Balaban J connectivity index is 3.09. The Bertz CT molecular complexity index is 474. The van der Waals surface area contributed by atoms with Crippen LogP contribution in [0, 0.1) is 0 Å². The zero-order chi connectivity index (χ0) is 12.3. The Labute approximate surface area is 106 Å². The molecule has 1 aromatic carbocycles. The first-order chi connectivity index (χ1) is 7.35. The maximum atomic E-state index is 11.3. The van der Waals surface area contributed by atoms with Gasteiger partial charge in [0, 0.05) is 12.3 Å². The molecule has 0 saturated carbocycles. The van der Waals surface area contributed by atoms with Crippen molar-refractivity contribution in [3.8, 4) is 0 Å². The van der Waals surface area contributed by atoms with Gasteiger partial charge in [-0.2, -0.15) is 0 Å². The molecule has 0 aromatic heterocycles. The minimum absolute atomic E-state index is 0.0104. The summed E-state index contributed by atoms with van der Waals surface area (Å²) in [5, 5.41) is 3.74. The lowest BCUT2D eigenvalue weighted by molar-refractivity contribution is 0.579. The molecule has 0 spiro atoms. The number of benzene rings is 1. The fourth-order valence-electron chi connectivity index (χ4n) is 1.42. The topological polar surface area (TPSA) is 46.2 Å². The predicted molar refractivity (Wildman–Crippen MR) is 68.0 cm³/mol. The summed E-state index contributed by atoms with van der Waals surface area (Å²) in [5.41, 5.74) is 0.696. The number of halogens is 2. The molecule has 6 heteroatoms. The molecule has 1 unspecified atom stereocenters. The average molecular weight is 282 g/mol. The lowest BCUT2D eigenvalue weighted by Gasteiger charge is -2.17. The SMILES string of the molecule is CNC(CS(C)(=O)=O)c1cccc(Cl)c1Cl. The monoisotopic (exact) mass is 281 g/mol. The summed E-state index contributed by atoms with van der Waals surface area (Å²) < 4.78 is 22.5. The Morgan fingerprint density at radius 3 is 2.50 bits per heavy atom. The second-order valence-corrected chi connectivity index (χ2v) is 6.55. The van der Waals surface area contributed by atoms with Crippen LogP contribution >= 0.6 is 23.2 Å². The Morgan fingerprint density at radius 2 is 2.00 bits per heavy atom. The summed E-state index contributed by atoms with van der Waals surface area (Å²) in [6.07, 6.45) is 1.19. The molecule has 0 saturated heterocycles. The van der Waals surface area contributed by atoms with Crippen LogP contribution < -0.4 is 5.32 Å². The molecule has 0 aliphatic rings. The van der Waals surface area contributed by atoms with Crippen molar-refractivity contribution in [1.82, 2.24) is 5.32 Å². The third-order valence-electron chi connectivity index (χ3n) is 2.17. The molecule has 0 aliphatic heterocycles. The van der Waals surface area contributed by atoms with E-state index in [1.165, 1.54) is 6.26 Å². The zero-order valence-corrected chi connectivity index (χ0v) is 11.3. The molecular formula is C10H13Cl2NO2S. The third-order valence-corrected chi connectivity index (χ3v) is 3.95. The maximum absolute atomic E-state index is 11.3. The summed E-state index contributed by atoms with van der Waals surface area (Å²) in [7, 11) is -1.39. The first kappa shape index (κ1) is 13.8. The van der Waals surface area contributed by atoms with Gasteiger partial charge in [0.1, 0.15) is 9.84 Å². The molecular weight excluding hydrogens is 269 g/mol. The van der Waals surface area contributed by atoms with E-state index in [1.807, 2.05) is 0 Å². The molecule has 0 aliphatic carbocycles. The van der Waals surface area contributed by atoms with Crippen LogP contribution in [0.25, 0.3) is 0 Å². The highest BCUT2D eigenvalue weighted by Gasteiger charge is 2.19. The maximum Gasteiger partial charge on any atom is 0.149 e. The van der Waals surface area contributed by atoms with Gasteiger partial charge in [-0.1, -0.05) is 35.3 Å². The van der Waals surface area contributed by atoms with Crippen LogP contribution in [0.1, 0.15) is 11.6 Å². The molecule has 0 heterocycles. The molecule has 90 valence electrons. The molecule has 1 atom stereocenters. The number of sulfone groups is 1. The third kappa shape index (κ3) is 3.63. The summed E-state index contributed by atoms with van der Waals surface area (Å²) >= 11 is 11.9. The number of hydrogen-bond acceptors (Lipinski definition) is 3. The van der Waals surface area contributed by atoms with Crippen LogP contribution in [-0.4, -0.2) is 27.5 Å². The number of nitrogens with one attached hydrogen (secondary N) is 1. The van der Waals surface area contributed by atoms with Crippen LogP contribution in [0.2, 0.25) is 10.0 Å². The summed E-state index contributed by atoms with van der Waals surface area (Å²) in [6.45, 7) is 0. The van der Waals surface area contributed by atoms with Crippen LogP contribution in [0.15, 0.2) is 18.2 Å². The lowest BCUT2D eigenvalue weighted by atomic mass is 10.1. The van der Waals surface area contributed by atoms with Crippen LogP contribution in [-0.2, 0) is 9.84 Å². The second-order valence-electron chi connectivity index (χ2n) is 3.58. The van der Waals surface area contributed by atoms with Gasteiger partial charge in [0.05, 0.1) is 15.8 Å². The average Bonchev–Trinajstić information content (AvgIpc) is 2.18. The highest BCUT2D eigenvalue weighted by Crippen LogP contribution is 2.30. The fourth-order valence-corrected chi connectivity index (χ4v) is 2.81. The zero-order valence-electron chi connectivity index (χ0n) is 9.00. The van der Waals surface area contributed by atoms with E-state index in [0.29, 0.717) is 15.6 Å². The highest BCUT2D eigenvalue weighted by molar-refractivity contribution is 7.90. The van der Waals surface area contributed by atoms with Gasteiger partial charge < -0.3 is 5.32 Å². The summed E-state index contributed by atoms with van der Waals surface area (Å²) in [4.78, 5) is 0. The van der Waals surface area contributed by atoms with E-state index in [9.17, 15) is 8.42 Å². The molecule has 0 amide bonds. The van der Waals surface area contributed by atoms with Crippen LogP contribution in [0.4, 0.5) is 0 Å². The van der Waals surface area contributed by atoms with Crippen molar-refractivity contribution < 1.29 is 8.42 Å². The molecule has 1 rings (SSSR count). The van der Waals surface area contributed by atoms with E-state index in [-0.39, 0.29) is 11.8 Å². The minimum Gasteiger partial charge on any atom is -0.312 e. The lowest BCUT2D eigenvalue weighted by Crippen LogP contribution is -2.24. The van der Waals surface area contributed by atoms with E-state index >= 15 is 0 Å². The standard InChI is InChI=1S/C10H13Cl2NO2S/c1-13-9(6-16(2,14)15)7-4-3-5-8(11)10(7)12/h3-5,9,13H,6H2,1-2H3. The van der Waals surface area contributed by atoms with E-state index in [1.54, 1.807) is 25.2 Å². The second kappa shape index (κ2) is 5.36. The fraction of sp³-hybridized carbons (Fsp3) is 0.400. The first-order valence-corrected chi connectivity index (χ1v) is 7.45. The van der Waals surface area contributed by atoms with Crippen LogP contribution in [0.5, 0.6) is 0 Å². The largest absolute Gasteiger partial charge is 0.312 e.